The fourth-order valence-electron chi connectivity index (χ4n) is 4.41. The van der Waals surface area contributed by atoms with E-state index in [1.807, 2.05) is 4.90 Å². The van der Waals surface area contributed by atoms with Gasteiger partial charge < -0.3 is 19.5 Å². The number of esters is 1. The van der Waals surface area contributed by atoms with Crippen LogP contribution in [-0.2, 0) is 14.3 Å². The molecular weight excluding hydrogens is 348 g/mol. The van der Waals surface area contributed by atoms with E-state index in [4.69, 9.17) is 14.2 Å². The first-order valence-corrected chi connectivity index (χ1v) is 9.42. The van der Waals surface area contributed by atoms with Gasteiger partial charge in [-0.3, -0.25) is 14.5 Å². The third kappa shape index (κ3) is 4.18. The Labute approximate surface area is 160 Å². The van der Waals surface area contributed by atoms with E-state index in [-0.39, 0.29) is 30.5 Å². The van der Waals surface area contributed by atoms with Gasteiger partial charge in [0.2, 0.25) is 5.91 Å². The van der Waals surface area contributed by atoms with E-state index in [1.165, 1.54) is 13.5 Å². The molecule has 3 atom stereocenters. The van der Waals surface area contributed by atoms with Crippen molar-refractivity contribution in [3.05, 3.63) is 18.2 Å². The van der Waals surface area contributed by atoms with Crippen LogP contribution in [0.1, 0.15) is 32.1 Å². The topological polar surface area (TPSA) is 77.1 Å². The highest BCUT2D eigenvalue weighted by Gasteiger charge is 2.46. The lowest BCUT2D eigenvalue weighted by atomic mass is 9.85. The maximum absolute atomic E-state index is 12.7. The first-order valence-electron chi connectivity index (χ1n) is 9.42. The van der Waals surface area contributed by atoms with Crippen LogP contribution in [0, 0.1) is 5.92 Å². The summed E-state index contributed by atoms with van der Waals surface area (Å²) in [4.78, 5) is 27.0. The van der Waals surface area contributed by atoms with Crippen molar-refractivity contribution in [3.8, 4) is 11.5 Å². The summed E-state index contributed by atoms with van der Waals surface area (Å²) in [7, 11) is 4.53. The Morgan fingerprint density at radius 1 is 1.15 bits per heavy atom. The number of anilines is 1. The SMILES string of the molecule is COC(=O)C1CC2CCCCC2N1CC(=O)Nc1ccc(OC)cc1OC. The fraction of sp³-hybridized carbons (Fsp3) is 0.600. The summed E-state index contributed by atoms with van der Waals surface area (Å²) in [6, 6.07) is 5.17. The van der Waals surface area contributed by atoms with Crippen molar-refractivity contribution in [3.63, 3.8) is 0 Å². The van der Waals surface area contributed by atoms with E-state index in [2.05, 4.69) is 5.32 Å². The van der Waals surface area contributed by atoms with E-state index in [0.29, 0.717) is 23.1 Å². The summed E-state index contributed by atoms with van der Waals surface area (Å²) in [5.74, 6) is 1.23. The lowest BCUT2D eigenvalue weighted by Gasteiger charge is -2.32. The molecule has 1 aliphatic heterocycles. The molecule has 1 saturated heterocycles. The summed E-state index contributed by atoms with van der Waals surface area (Å²) in [5, 5.41) is 2.90. The van der Waals surface area contributed by atoms with Crippen LogP contribution in [0.5, 0.6) is 11.5 Å². The smallest absolute Gasteiger partial charge is 0.323 e. The number of nitrogens with one attached hydrogen (secondary N) is 1. The van der Waals surface area contributed by atoms with Crippen molar-refractivity contribution in [1.29, 1.82) is 0 Å². The Hall–Kier alpha value is -2.28. The monoisotopic (exact) mass is 376 g/mol. The number of likely N-dealkylation sites (tertiary alicyclic amines) is 1. The summed E-state index contributed by atoms with van der Waals surface area (Å²) in [5.41, 5.74) is 0.581. The molecule has 0 aromatic heterocycles. The van der Waals surface area contributed by atoms with Crippen LogP contribution in [-0.4, -0.2) is 56.7 Å². The van der Waals surface area contributed by atoms with Gasteiger partial charge in [-0.2, -0.15) is 0 Å². The molecule has 1 amide bonds. The molecule has 2 fully saturated rings. The number of methoxy groups -OCH3 is 3. The largest absolute Gasteiger partial charge is 0.497 e. The van der Waals surface area contributed by atoms with E-state index in [9.17, 15) is 9.59 Å². The first kappa shape index (κ1) is 19.5. The second-order valence-corrected chi connectivity index (χ2v) is 7.17. The van der Waals surface area contributed by atoms with Gasteiger partial charge in [-0.15, -0.1) is 0 Å². The molecule has 1 N–H and O–H groups in total. The van der Waals surface area contributed by atoms with Crippen molar-refractivity contribution < 1.29 is 23.8 Å². The minimum absolute atomic E-state index is 0.163. The average molecular weight is 376 g/mol. The molecular formula is C20H28N2O5. The van der Waals surface area contributed by atoms with Gasteiger partial charge in [-0.25, -0.2) is 0 Å². The summed E-state index contributed by atoms with van der Waals surface area (Å²) < 4.78 is 15.5. The van der Waals surface area contributed by atoms with Crippen molar-refractivity contribution in [2.24, 2.45) is 5.92 Å². The first-order chi connectivity index (χ1) is 13.1. The van der Waals surface area contributed by atoms with E-state index < -0.39 is 0 Å². The highest BCUT2D eigenvalue weighted by molar-refractivity contribution is 5.94. The zero-order chi connectivity index (χ0) is 19.4. The Morgan fingerprint density at radius 3 is 2.63 bits per heavy atom. The quantitative estimate of drug-likeness (QED) is 0.769. The zero-order valence-corrected chi connectivity index (χ0v) is 16.2. The van der Waals surface area contributed by atoms with Crippen LogP contribution in [0.4, 0.5) is 5.69 Å². The van der Waals surface area contributed by atoms with Crippen LogP contribution in [0.15, 0.2) is 18.2 Å². The molecule has 7 heteroatoms. The van der Waals surface area contributed by atoms with Gasteiger partial charge in [-0.05, 0) is 37.3 Å². The molecule has 1 aliphatic carbocycles. The van der Waals surface area contributed by atoms with Crippen LogP contribution in [0.25, 0.3) is 0 Å². The van der Waals surface area contributed by atoms with Gasteiger partial charge in [0.05, 0.1) is 33.6 Å². The van der Waals surface area contributed by atoms with Gasteiger partial charge >= 0.3 is 5.97 Å². The molecule has 2 aliphatic rings. The van der Waals surface area contributed by atoms with Gasteiger partial charge in [0.25, 0.3) is 0 Å². The fourth-order valence-corrected chi connectivity index (χ4v) is 4.41. The van der Waals surface area contributed by atoms with Crippen molar-refractivity contribution in [1.82, 2.24) is 4.90 Å². The summed E-state index contributed by atoms with van der Waals surface area (Å²) in [6.07, 6.45) is 5.24. The van der Waals surface area contributed by atoms with E-state index in [1.54, 1.807) is 32.4 Å². The number of nitrogens with zero attached hydrogens (tertiary/aromatic N) is 1. The Morgan fingerprint density at radius 2 is 1.93 bits per heavy atom. The lowest BCUT2D eigenvalue weighted by Crippen LogP contribution is -2.46. The predicted molar refractivity (Wildman–Crippen MR) is 101 cm³/mol. The molecule has 1 aromatic rings. The second-order valence-electron chi connectivity index (χ2n) is 7.17. The third-order valence-corrected chi connectivity index (χ3v) is 5.70. The summed E-state index contributed by atoms with van der Waals surface area (Å²) >= 11 is 0. The minimum Gasteiger partial charge on any atom is -0.497 e. The van der Waals surface area contributed by atoms with E-state index in [0.717, 1.165) is 25.7 Å². The molecule has 1 saturated carbocycles. The average Bonchev–Trinajstić information content (AvgIpc) is 3.06. The number of hydrogen-bond donors (Lipinski definition) is 1. The molecule has 148 valence electrons. The molecule has 1 heterocycles. The number of fused-ring (bicyclic) bond motifs is 1. The molecule has 0 spiro atoms. The van der Waals surface area contributed by atoms with Crippen molar-refractivity contribution in [2.75, 3.05) is 33.2 Å². The van der Waals surface area contributed by atoms with E-state index >= 15 is 0 Å². The minimum atomic E-state index is -0.341. The predicted octanol–water partition coefficient (Wildman–Crippen LogP) is 2.45. The molecule has 0 bridgehead atoms. The molecule has 3 unspecified atom stereocenters. The van der Waals surface area contributed by atoms with Crippen LogP contribution >= 0.6 is 0 Å². The number of benzene rings is 1. The number of ether oxygens (including phenoxy) is 3. The van der Waals surface area contributed by atoms with Crippen LogP contribution in [0.2, 0.25) is 0 Å². The van der Waals surface area contributed by atoms with Crippen molar-refractivity contribution >= 4 is 17.6 Å². The number of rotatable bonds is 6. The summed E-state index contributed by atoms with van der Waals surface area (Å²) in [6.45, 7) is 0.163. The Bertz CT molecular complexity index is 693. The molecule has 7 nitrogen and oxygen atoms in total. The van der Waals surface area contributed by atoms with Crippen molar-refractivity contribution in [2.45, 2.75) is 44.2 Å². The second kappa shape index (κ2) is 8.61. The maximum Gasteiger partial charge on any atom is 0.323 e. The number of carbonyl (C=O) groups is 2. The molecule has 27 heavy (non-hydrogen) atoms. The van der Waals surface area contributed by atoms with Crippen LogP contribution in [0.3, 0.4) is 0 Å². The third-order valence-electron chi connectivity index (χ3n) is 5.70. The van der Waals surface area contributed by atoms with Gasteiger partial charge in [0.1, 0.15) is 17.5 Å². The number of carbonyl (C=O) groups excluding carboxylic acids is 2. The van der Waals surface area contributed by atoms with Gasteiger partial charge in [0.15, 0.2) is 0 Å². The van der Waals surface area contributed by atoms with Crippen LogP contribution < -0.4 is 14.8 Å². The molecule has 0 radical (unpaired) electrons. The normalized spacial score (nSPS) is 24.8. The Kier molecular flexibility index (Phi) is 6.21. The lowest BCUT2D eigenvalue weighted by molar-refractivity contribution is -0.146. The molecule has 3 rings (SSSR count). The maximum atomic E-state index is 12.7. The number of amides is 1. The highest BCUT2D eigenvalue weighted by atomic mass is 16.5. The highest BCUT2D eigenvalue weighted by Crippen LogP contribution is 2.40. The molecule has 1 aromatic carbocycles. The Balaban J connectivity index is 1.72. The zero-order valence-electron chi connectivity index (χ0n) is 16.2. The standard InChI is InChI=1S/C20H28N2O5/c1-25-14-8-9-15(18(11-14)26-2)21-19(23)12-22-16-7-5-4-6-13(16)10-17(22)20(24)27-3/h8-9,11,13,16-17H,4-7,10,12H2,1-3H3,(H,21,23). The number of hydrogen-bond acceptors (Lipinski definition) is 6. The van der Waals surface area contributed by atoms with Gasteiger partial charge in [-0.1, -0.05) is 12.8 Å². The van der Waals surface area contributed by atoms with Gasteiger partial charge in [0, 0.05) is 12.1 Å².